The molecule has 1 aliphatic carbocycles. The van der Waals surface area contributed by atoms with Crippen LogP contribution >= 0.6 is 31.7 Å². The Kier molecular flexibility index (Phi) is 33.7. The van der Waals surface area contributed by atoms with Crippen molar-refractivity contribution in [1.29, 1.82) is 0 Å². The van der Waals surface area contributed by atoms with E-state index in [2.05, 4.69) is 132 Å². The van der Waals surface area contributed by atoms with Gasteiger partial charge in [-0.15, -0.1) is 30.2 Å². The van der Waals surface area contributed by atoms with Gasteiger partial charge in [-0.3, -0.25) is 0 Å². The summed E-state index contributed by atoms with van der Waals surface area (Å²) >= 11 is 5.68. The summed E-state index contributed by atoms with van der Waals surface area (Å²) in [5.41, 5.74) is 1.34. The van der Waals surface area contributed by atoms with Crippen molar-refractivity contribution in [3.8, 4) is 9.46 Å². The van der Waals surface area contributed by atoms with Crippen molar-refractivity contribution < 1.29 is 30.8 Å². The summed E-state index contributed by atoms with van der Waals surface area (Å²) in [5, 5.41) is 0. The Morgan fingerprint density at radius 2 is 1.38 bits per heavy atom. The minimum absolute atomic E-state index is 0.0864. The zero-order chi connectivity index (χ0) is 25.4. The van der Waals surface area contributed by atoms with E-state index in [1.807, 2.05) is 24.6 Å². The minimum atomic E-state index is 0.0864. The van der Waals surface area contributed by atoms with Gasteiger partial charge in [0, 0.05) is 19.5 Å². The third-order valence-electron chi connectivity index (χ3n) is 3.75. The molecule has 0 heterocycles. The zero-order valence-electron chi connectivity index (χ0n) is 22.0. The SMILES string of the molecule is CP(C)CCP(C)C.CP(C)CC[PH+](C)C.C[C]1[CH][CH-]C=C1.Cc1ccc[cH-]1.[Mn]#[C][C]#[Mn]. The van der Waals surface area contributed by atoms with E-state index >= 15 is 0 Å². The first-order valence-corrected chi connectivity index (χ1v) is 21.9. The fraction of sp³-hybridized carbons (Fsp3) is 0.538. The first-order chi connectivity index (χ1) is 15.0. The van der Waals surface area contributed by atoms with Crippen LogP contribution in [0.25, 0.3) is 0 Å². The Morgan fingerprint density at radius 3 is 1.50 bits per heavy atom. The molecule has 32 heavy (non-hydrogen) atoms. The van der Waals surface area contributed by atoms with E-state index in [9.17, 15) is 0 Å². The maximum atomic E-state index is 2.84. The van der Waals surface area contributed by atoms with Gasteiger partial charge in [-0.2, -0.15) is 17.7 Å². The van der Waals surface area contributed by atoms with E-state index in [1.165, 1.54) is 36.1 Å². The normalized spacial score (nSPS) is 11.7. The molecule has 186 valence electrons. The van der Waals surface area contributed by atoms with E-state index in [0.717, 1.165) is 0 Å². The molecule has 0 fully saturated rings. The van der Waals surface area contributed by atoms with Gasteiger partial charge in [0.25, 0.3) is 0 Å². The summed E-state index contributed by atoms with van der Waals surface area (Å²) < 4.78 is 4.82. The van der Waals surface area contributed by atoms with Crippen LogP contribution < -0.4 is 0 Å². The van der Waals surface area contributed by atoms with Crippen molar-refractivity contribution in [2.75, 3.05) is 78.0 Å². The van der Waals surface area contributed by atoms with Crippen LogP contribution in [-0.4, -0.2) is 78.0 Å². The van der Waals surface area contributed by atoms with Crippen molar-refractivity contribution in [3.05, 3.63) is 60.7 Å². The molecule has 6 heteroatoms. The monoisotopic (exact) mass is 593 g/mol. The van der Waals surface area contributed by atoms with E-state index < -0.39 is 0 Å². The molecule has 0 unspecified atom stereocenters. The van der Waals surface area contributed by atoms with E-state index in [1.54, 1.807) is 0 Å². The van der Waals surface area contributed by atoms with Crippen molar-refractivity contribution in [1.82, 2.24) is 0 Å². The molecule has 0 saturated carbocycles. The summed E-state index contributed by atoms with van der Waals surface area (Å²) in [4.78, 5) is 0. The van der Waals surface area contributed by atoms with Gasteiger partial charge in [-0.05, 0) is 60.2 Å². The maximum absolute atomic E-state index is 2.84. The van der Waals surface area contributed by atoms with Crippen molar-refractivity contribution >= 4 is 31.7 Å². The Morgan fingerprint density at radius 1 is 0.875 bits per heavy atom. The molecule has 0 nitrogen and oxygen atoms in total. The summed E-state index contributed by atoms with van der Waals surface area (Å²) in [6.07, 6.45) is 14.2. The molecule has 2 radical (unpaired) electrons. The summed E-state index contributed by atoms with van der Waals surface area (Å²) in [7, 11) is 1.25. The molecule has 2 rings (SSSR count). The third-order valence-corrected chi connectivity index (χ3v) is 9.70. The second-order valence-electron chi connectivity index (χ2n) is 8.48. The summed E-state index contributed by atoms with van der Waals surface area (Å²) in [6.45, 7) is 23.1. The van der Waals surface area contributed by atoms with Gasteiger partial charge in [0.1, 0.15) is 0 Å². The predicted molar refractivity (Wildman–Crippen MR) is 157 cm³/mol. The van der Waals surface area contributed by atoms with Gasteiger partial charge in [0.15, 0.2) is 0 Å². The fourth-order valence-electron chi connectivity index (χ4n) is 1.79. The quantitative estimate of drug-likeness (QED) is 0.179. The Bertz CT molecular complexity index is 550. The van der Waals surface area contributed by atoms with E-state index in [-0.39, 0.29) is 7.92 Å². The standard InChI is InChI=1S/2C6H16P2.2C6H7.C2.2Mn/c2*1-7(2)5-6-8(3)4;2*1-6-4-2-3-5-6;1-2;;/h2*5-6H2,1-4H3;2*2-5H,1H3;;;/q;;2*-1;;;/p+1. The fourth-order valence-corrected chi connectivity index (χ4v) is 8.57. The van der Waals surface area contributed by atoms with Gasteiger partial charge in [-0.1, -0.05) is 19.8 Å². The van der Waals surface area contributed by atoms with Crippen LogP contribution in [0.3, 0.4) is 0 Å². The molecule has 0 amide bonds. The molecule has 0 aromatic heterocycles. The topological polar surface area (TPSA) is 0 Å². The van der Waals surface area contributed by atoms with Gasteiger partial charge in [-0.25, -0.2) is 30.7 Å². The number of hydrogen-bond donors (Lipinski definition) is 0. The van der Waals surface area contributed by atoms with Crippen molar-refractivity contribution in [2.45, 2.75) is 13.8 Å². The zero-order valence-corrected chi connectivity index (χ0v) is 28.1. The van der Waals surface area contributed by atoms with Crippen LogP contribution in [0.2, 0.25) is 0 Å². The van der Waals surface area contributed by atoms with Crippen LogP contribution in [-0.2, 0) is 30.8 Å². The molecule has 0 spiro atoms. The molecule has 1 aliphatic rings. The molecular formula is C26H47Mn2P4-. The summed E-state index contributed by atoms with van der Waals surface area (Å²) in [6, 6.07) is 8.24. The van der Waals surface area contributed by atoms with Gasteiger partial charge in [0.05, 0.1) is 6.16 Å². The average Bonchev–Trinajstić information content (AvgIpc) is 3.40. The molecule has 0 saturated heterocycles. The van der Waals surface area contributed by atoms with Crippen LogP contribution in [0.1, 0.15) is 12.5 Å². The van der Waals surface area contributed by atoms with Crippen LogP contribution in [0.5, 0.6) is 0 Å². The second-order valence-corrected chi connectivity index (χ2v) is 19.8. The Labute approximate surface area is 223 Å². The summed E-state index contributed by atoms with van der Waals surface area (Å²) in [5.74, 6) is 1.34. The number of hydrogen-bond acceptors (Lipinski definition) is 0. The molecule has 0 bridgehead atoms. The third kappa shape index (κ3) is 41.5. The van der Waals surface area contributed by atoms with Gasteiger partial charge >= 0.3 is 40.2 Å². The van der Waals surface area contributed by atoms with Crippen LogP contribution in [0, 0.1) is 35.1 Å². The van der Waals surface area contributed by atoms with Crippen LogP contribution in [0.15, 0.2) is 36.4 Å². The second kappa shape index (κ2) is 28.5. The molecule has 0 atom stereocenters. The van der Waals surface area contributed by atoms with E-state index in [4.69, 9.17) is 0 Å². The molecule has 1 aromatic carbocycles. The van der Waals surface area contributed by atoms with Crippen molar-refractivity contribution in [3.63, 3.8) is 0 Å². The Balaban J connectivity index is -0.000000334. The predicted octanol–water partition coefficient (Wildman–Crippen LogP) is 7.94. The number of allylic oxidation sites excluding steroid dienone is 2. The van der Waals surface area contributed by atoms with Crippen molar-refractivity contribution in [2.24, 2.45) is 0 Å². The van der Waals surface area contributed by atoms with Gasteiger partial charge < -0.3 is 0 Å². The molecule has 1 aromatic rings. The van der Waals surface area contributed by atoms with E-state index in [0.29, 0.717) is 23.8 Å². The first-order valence-electron chi connectivity index (χ1n) is 10.8. The molecular weight excluding hydrogens is 546 g/mol. The van der Waals surface area contributed by atoms with Crippen LogP contribution in [0.4, 0.5) is 0 Å². The molecule has 0 N–H and O–H groups in total. The molecule has 0 aliphatic heterocycles. The Hall–Kier alpha value is 1.28. The number of rotatable bonds is 6. The number of aryl methyl sites for hydroxylation is 1. The first kappa shape index (κ1) is 37.8. The average molecular weight is 593 g/mol. The van der Waals surface area contributed by atoms with Gasteiger partial charge in [0.2, 0.25) is 0 Å².